The second-order valence-electron chi connectivity index (χ2n) is 4.95. The molecule has 2 aromatic carbocycles. The molecule has 0 saturated heterocycles. The number of carbonyl (C=O) groups is 3. The van der Waals surface area contributed by atoms with Crippen LogP contribution in [0, 0.1) is 0 Å². The number of benzene rings is 2. The van der Waals surface area contributed by atoms with Crippen LogP contribution in [-0.4, -0.2) is 27.6 Å². The summed E-state index contributed by atoms with van der Waals surface area (Å²) in [6.45, 7) is 0. The van der Waals surface area contributed by atoms with Crippen LogP contribution in [0.1, 0.15) is 31.1 Å². The van der Waals surface area contributed by atoms with E-state index in [1.165, 1.54) is 12.1 Å². The number of aromatic hydroxyl groups is 2. The molecule has 0 aromatic heterocycles. The van der Waals surface area contributed by atoms with E-state index in [4.69, 9.17) is 0 Å². The molecule has 0 aliphatic heterocycles. The Morgan fingerprint density at radius 3 is 2.26 bits per heavy atom. The first-order valence-corrected chi connectivity index (χ1v) is 7.35. The van der Waals surface area contributed by atoms with Gasteiger partial charge in [-0.05, 0) is 28.1 Å². The quantitative estimate of drug-likeness (QED) is 0.480. The van der Waals surface area contributed by atoms with Crippen LogP contribution in [0.25, 0.3) is 0 Å². The molecule has 0 unspecified atom stereocenters. The maximum absolute atomic E-state index is 12.6. The van der Waals surface area contributed by atoms with Gasteiger partial charge in [0.15, 0.2) is 28.8 Å². The fraction of sp³-hybridized carbons (Fsp3) is 0. The third kappa shape index (κ3) is 2.47. The minimum atomic E-state index is -0.708. The van der Waals surface area contributed by atoms with Gasteiger partial charge in [-0.2, -0.15) is 0 Å². The first kappa shape index (κ1) is 15.2. The van der Waals surface area contributed by atoms with Gasteiger partial charge >= 0.3 is 0 Å². The van der Waals surface area contributed by atoms with E-state index in [-0.39, 0.29) is 26.7 Å². The Morgan fingerprint density at radius 2 is 1.57 bits per heavy atom. The first-order chi connectivity index (χ1) is 10.9. The smallest absolute Gasteiger partial charge is 0.198 e. The molecule has 0 amide bonds. The van der Waals surface area contributed by atoms with Crippen molar-refractivity contribution in [3.8, 4) is 11.5 Å². The van der Waals surface area contributed by atoms with Gasteiger partial charge in [0.1, 0.15) is 0 Å². The number of fused-ring (bicyclic) bond motifs is 1. The SMILES string of the molecule is O=C(C1=CC(=O)c2ccccc2C1=O)c1cc(O)c(O)cc1Br. The van der Waals surface area contributed by atoms with E-state index in [2.05, 4.69) is 15.9 Å². The molecule has 2 N–H and O–H groups in total. The summed E-state index contributed by atoms with van der Waals surface area (Å²) in [7, 11) is 0. The van der Waals surface area contributed by atoms with Gasteiger partial charge in [0.05, 0.1) is 5.57 Å². The molecule has 6 heteroatoms. The number of allylic oxidation sites excluding steroid dienone is 2. The molecule has 2 aromatic rings. The first-order valence-electron chi connectivity index (χ1n) is 6.56. The Bertz CT molecular complexity index is 911. The van der Waals surface area contributed by atoms with E-state index in [1.54, 1.807) is 12.1 Å². The second-order valence-corrected chi connectivity index (χ2v) is 5.80. The van der Waals surface area contributed by atoms with E-state index < -0.39 is 28.8 Å². The number of hydrogen-bond donors (Lipinski definition) is 2. The van der Waals surface area contributed by atoms with Crippen LogP contribution in [0.4, 0.5) is 0 Å². The summed E-state index contributed by atoms with van der Waals surface area (Å²) >= 11 is 3.10. The molecule has 0 heterocycles. The molecule has 3 rings (SSSR count). The predicted molar refractivity (Wildman–Crippen MR) is 85.0 cm³/mol. The van der Waals surface area contributed by atoms with Crippen LogP contribution in [0.15, 0.2) is 52.5 Å². The topological polar surface area (TPSA) is 91.7 Å². The summed E-state index contributed by atoms with van der Waals surface area (Å²) < 4.78 is 0.206. The highest BCUT2D eigenvalue weighted by molar-refractivity contribution is 9.10. The zero-order valence-electron chi connectivity index (χ0n) is 11.5. The lowest BCUT2D eigenvalue weighted by atomic mass is 9.86. The minimum absolute atomic E-state index is 0.0212. The van der Waals surface area contributed by atoms with Crippen LogP contribution < -0.4 is 0 Å². The van der Waals surface area contributed by atoms with Gasteiger partial charge in [-0.3, -0.25) is 14.4 Å². The summed E-state index contributed by atoms with van der Waals surface area (Å²) in [5.74, 6) is -2.58. The fourth-order valence-electron chi connectivity index (χ4n) is 2.35. The lowest BCUT2D eigenvalue weighted by Gasteiger charge is -2.15. The van der Waals surface area contributed by atoms with Gasteiger partial charge in [-0.15, -0.1) is 0 Å². The van der Waals surface area contributed by atoms with Crippen molar-refractivity contribution in [2.75, 3.05) is 0 Å². The molecule has 1 aliphatic carbocycles. The Morgan fingerprint density at radius 1 is 0.957 bits per heavy atom. The minimum Gasteiger partial charge on any atom is -0.504 e. The molecule has 0 fully saturated rings. The van der Waals surface area contributed by atoms with Gasteiger partial charge in [0.25, 0.3) is 0 Å². The van der Waals surface area contributed by atoms with Crippen molar-refractivity contribution in [3.05, 3.63) is 69.2 Å². The van der Waals surface area contributed by atoms with Crippen molar-refractivity contribution in [2.45, 2.75) is 0 Å². The zero-order chi connectivity index (χ0) is 16.7. The molecule has 0 bridgehead atoms. The molecule has 5 nitrogen and oxygen atoms in total. The Hall–Kier alpha value is -2.73. The number of rotatable bonds is 2. The Labute approximate surface area is 139 Å². The van der Waals surface area contributed by atoms with E-state index in [9.17, 15) is 24.6 Å². The maximum Gasteiger partial charge on any atom is 0.198 e. The van der Waals surface area contributed by atoms with Gasteiger partial charge < -0.3 is 10.2 Å². The lowest BCUT2D eigenvalue weighted by Crippen LogP contribution is -2.22. The summed E-state index contributed by atoms with van der Waals surface area (Å²) in [5, 5.41) is 19.0. The highest BCUT2D eigenvalue weighted by Gasteiger charge is 2.31. The third-order valence-corrected chi connectivity index (χ3v) is 4.17. The van der Waals surface area contributed by atoms with Crippen molar-refractivity contribution in [1.82, 2.24) is 0 Å². The Kier molecular flexibility index (Phi) is 3.61. The largest absolute Gasteiger partial charge is 0.504 e. The normalized spacial score (nSPS) is 13.5. The number of carbonyl (C=O) groups excluding carboxylic acids is 3. The number of phenols is 2. The lowest BCUT2D eigenvalue weighted by molar-refractivity contribution is 0.0934. The van der Waals surface area contributed by atoms with Crippen molar-refractivity contribution < 1.29 is 24.6 Å². The van der Waals surface area contributed by atoms with Gasteiger partial charge in [-0.1, -0.05) is 24.3 Å². The second kappa shape index (κ2) is 5.48. The monoisotopic (exact) mass is 372 g/mol. The van der Waals surface area contributed by atoms with Crippen molar-refractivity contribution in [3.63, 3.8) is 0 Å². The van der Waals surface area contributed by atoms with Gasteiger partial charge in [0.2, 0.25) is 0 Å². The number of Topliss-reactive ketones (excluding diaryl/α,β-unsaturated/α-hetero) is 2. The van der Waals surface area contributed by atoms with Gasteiger partial charge in [-0.25, -0.2) is 0 Å². The van der Waals surface area contributed by atoms with Crippen molar-refractivity contribution in [2.24, 2.45) is 0 Å². The zero-order valence-corrected chi connectivity index (χ0v) is 13.1. The van der Waals surface area contributed by atoms with E-state index in [0.717, 1.165) is 18.2 Å². The van der Waals surface area contributed by atoms with E-state index in [0.29, 0.717) is 0 Å². The van der Waals surface area contributed by atoms with Crippen molar-refractivity contribution in [1.29, 1.82) is 0 Å². The average molecular weight is 373 g/mol. The third-order valence-electron chi connectivity index (χ3n) is 3.51. The van der Waals surface area contributed by atoms with Crippen LogP contribution in [0.2, 0.25) is 0 Å². The number of hydrogen-bond acceptors (Lipinski definition) is 5. The standard InChI is InChI=1S/C17H9BrO5/c18-12-7-15(21)14(20)5-10(12)17(23)11-6-13(19)8-3-1-2-4-9(8)16(11)22/h1-7,20-21H. The van der Waals surface area contributed by atoms with Crippen LogP contribution in [-0.2, 0) is 0 Å². The van der Waals surface area contributed by atoms with Crippen LogP contribution in [0.3, 0.4) is 0 Å². The molecule has 0 atom stereocenters. The summed E-state index contributed by atoms with van der Waals surface area (Å²) in [5.41, 5.74) is 0.121. The number of ketones is 3. The highest BCUT2D eigenvalue weighted by Crippen LogP contribution is 2.34. The van der Waals surface area contributed by atoms with Gasteiger partial charge in [0, 0.05) is 27.2 Å². The fourth-order valence-corrected chi connectivity index (χ4v) is 2.87. The maximum atomic E-state index is 12.6. The van der Waals surface area contributed by atoms with E-state index in [1.807, 2.05) is 0 Å². The molecule has 1 aliphatic rings. The molecular formula is C17H9BrO5. The number of halogens is 1. The molecule has 23 heavy (non-hydrogen) atoms. The molecule has 0 spiro atoms. The molecule has 0 radical (unpaired) electrons. The molecular weight excluding hydrogens is 364 g/mol. The summed E-state index contributed by atoms with van der Waals surface area (Å²) in [4.78, 5) is 37.2. The Balaban J connectivity index is 2.10. The van der Waals surface area contributed by atoms with Crippen LogP contribution in [0.5, 0.6) is 11.5 Å². The number of phenolic OH excluding ortho intramolecular Hbond substituents is 2. The van der Waals surface area contributed by atoms with E-state index >= 15 is 0 Å². The summed E-state index contributed by atoms with van der Waals surface area (Å²) in [6, 6.07) is 8.45. The van der Waals surface area contributed by atoms with Crippen LogP contribution >= 0.6 is 15.9 Å². The average Bonchev–Trinajstić information content (AvgIpc) is 2.54. The molecule has 114 valence electrons. The highest BCUT2D eigenvalue weighted by atomic mass is 79.9. The molecule has 0 saturated carbocycles. The van der Waals surface area contributed by atoms with Crippen molar-refractivity contribution >= 4 is 33.3 Å². The summed E-state index contributed by atoms with van der Waals surface area (Å²) in [6.07, 6.45) is 1.00. The predicted octanol–water partition coefficient (Wildman–Crippen LogP) is 3.05.